The Morgan fingerprint density at radius 1 is 0.255 bits per heavy atom. The average molecular weight is 597 g/mol. The summed E-state index contributed by atoms with van der Waals surface area (Å²) in [6.07, 6.45) is 0. The lowest BCUT2D eigenvalue weighted by Crippen LogP contribution is -1.92. The number of benzene rings is 9. The van der Waals surface area contributed by atoms with E-state index >= 15 is 0 Å². The molecule has 0 saturated heterocycles. The van der Waals surface area contributed by atoms with Gasteiger partial charge >= 0.3 is 0 Å². The summed E-state index contributed by atoms with van der Waals surface area (Å²) in [5.41, 5.74) is 11.3. The molecule has 0 radical (unpaired) electrons. The van der Waals surface area contributed by atoms with Crippen molar-refractivity contribution < 1.29 is 0 Å². The van der Waals surface area contributed by atoms with E-state index < -0.39 is 0 Å². The summed E-state index contributed by atoms with van der Waals surface area (Å²) in [6, 6.07) is 64.7. The predicted octanol–water partition coefficient (Wildman–Crippen LogP) is 13.3. The van der Waals surface area contributed by atoms with Gasteiger partial charge in [0.15, 0.2) is 0 Å². The topological polar surface area (TPSA) is 0 Å². The van der Waals surface area contributed by atoms with Crippen LogP contribution in [0.4, 0.5) is 0 Å². The molecule has 0 amide bonds. The van der Waals surface area contributed by atoms with Gasteiger partial charge in [0.05, 0.1) is 0 Å². The second-order valence-electron chi connectivity index (χ2n) is 12.6. The summed E-state index contributed by atoms with van der Waals surface area (Å²) in [5, 5.41) is 10.2. The maximum Gasteiger partial charge on any atom is -0.00262 e. The zero-order valence-corrected chi connectivity index (χ0v) is 26.2. The van der Waals surface area contributed by atoms with Crippen LogP contribution < -0.4 is 0 Å². The minimum atomic E-state index is 1.22. The van der Waals surface area contributed by atoms with Crippen molar-refractivity contribution in [3.63, 3.8) is 0 Å². The summed E-state index contributed by atoms with van der Waals surface area (Å²) in [6.45, 7) is 2.19. The molecule has 0 spiro atoms. The molecule has 0 nitrogen and oxygen atoms in total. The largest absolute Gasteiger partial charge is 0.0622 e. The van der Waals surface area contributed by atoms with Crippen molar-refractivity contribution in [3.05, 3.63) is 181 Å². The van der Waals surface area contributed by atoms with Gasteiger partial charge in [0.2, 0.25) is 0 Å². The van der Waals surface area contributed by atoms with Gasteiger partial charge in [-0.25, -0.2) is 0 Å². The monoisotopic (exact) mass is 596 g/mol. The Bertz CT molecular complexity index is 2610. The summed E-state index contributed by atoms with van der Waals surface area (Å²) < 4.78 is 0. The van der Waals surface area contributed by atoms with Crippen LogP contribution in [0.25, 0.3) is 87.6 Å². The van der Waals surface area contributed by atoms with E-state index in [2.05, 4.69) is 183 Å². The minimum Gasteiger partial charge on any atom is -0.0622 e. The van der Waals surface area contributed by atoms with Crippen LogP contribution in [0.15, 0.2) is 176 Å². The van der Waals surface area contributed by atoms with Gasteiger partial charge in [-0.15, -0.1) is 0 Å². The van der Waals surface area contributed by atoms with Crippen molar-refractivity contribution in [2.75, 3.05) is 0 Å². The number of hydrogen-bond acceptors (Lipinski definition) is 0. The van der Waals surface area contributed by atoms with E-state index in [0.29, 0.717) is 0 Å². The van der Waals surface area contributed by atoms with Crippen LogP contribution in [0, 0.1) is 6.92 Å². The first kappa shape index (κ1) is 27.3. The highest BCUT2D eigenvalue weighted by molar-refractivity contribution is 6.22. The molecular formula is C47H32. The molecule has 0 fully saturated rings. The molecule has 0 aromatic heterocycles. The van der Waals surface area contributed by atoms with Crippen LogP contribution in [-0.2, 0) is 0 Å². The smallest absolute Gasteiger partial charge is 0.00262 e. The third-order valence-corrected chi connectivity index (χ3v) is 9.65. The minimum absolute atomic E-state index is 1.22. The molecule has 0 atom stereocenters. The Balaban J connectivity index is 1.23. The van der Waals surface area contributed by atoms with E-state index in [1.165, 1.54) is 93.2 Å². The molecule has 0 aliphatic heterocycles. The Morgan fingerprint density at radius 2 is 0.660 bits per heavy atom. The molecule has 9 rings (SSSR count). The van der Waals surface area contributed by atoms with E-state index in [0.717, 1.165) is 0 Å². The third-order valence-electron chi connectivity index (χ3n) is 9.65. The van der Waals surface area contributed by atoms with Crippen molar-refractivity contribution >= 4 is 43.1 Å². The molecule has 0 bridgehead atoms. The maximum atomic E-state index is 2.41. The van der Waals surface area contributed by atoms with E-state index in [1.54, 1.807) is 0 Å². The van der Waals surface area contributed by atoms with Crippen molar-refractivity contribution in [3.8, 4) is 44.5 Å². The molecule has 47 heavy (non-hydrogen) atoms. The lowest BCUT2D eigenvalue weighted by molar-refractivity contribution is 1.51. The molecule has 220 valence electrons. The van der Waals surface area contributed by atoms with Gasteiger partial charge in [-0.05, 0) is 119 Å². The fourth-order valence-electron chi connectivity index (χ4n) is 7.33. The summed E-state index contributed by atoms with van der Waals surface area (Å²) >= 11 is 0. The maximum absolute atomic E-state index is 2.41. The van der Waals surface area contributed by atoms with Crippen molar-refractivity contribution in [2.24, 2.45) is 0 Å². The van der Waals surface area contributed by atoms with Gasteiger partial charge in [0.25, 0.3) is 0 Å². The first-order valence-electron chi connectivity index (χ1n) is 16.3. The van der Waals surface area contributed by atoms with Crippen LogP contribution in [0.1, 0.15) is 5.56 Å². The van der Waals surface area contributed by atoms with E-state index in [4.69, 9.17) is 0 Å². The fraction of sp³-hybridized carbons (Fsp3) is 0.0213. The number of rotatable bonds is 4. The Kier molecular flexibility index (Phi) is 6.47. The van der Waals surface area contributed by atoms with Gasteiger partial charge < -0.3 is 0 Å². The Morgan fingerprint density at radius 3 is 1.23 bits per heavy atom. The quantitative estimate of drug-likeness (QED) is 0.177. The van der Waals surface area contributed by atoms with E-state index in [1.807, 2.05) is 0 Å². The second kappa shape index (κ2) is 11.1. The molecule has 9 aromatic rings. The average Bonchev–Trinajstić information content (AvgIpc) is 3.13. The molecule has 0 aliphatic rings. The standard InChI is InChI=1S/C47H32/c1-31-16-24-42-44(26-31)46(33-11-4-2-5-12-33)43-25-23-41(30-45(43)47(42)34-13-6-3-7-14-34)40-22-21-38-28-37(19-20-39(38)29-40)36-18-17-32-10-8-9-15-35(32)27-36/h2-30H,1H3. The van der Waals surface area contributed by atoms with Gasteiger partial charge in [0, 0.05) is 0 Å². The zero-order chi connectivity index (χ0) is 31.3. The van der Waals surface area contributed by atoms with Crippen molar-refractivity contribution in [1.29, 1.82) is 0 Å². The molecule has 0 heteroatoms. The van der Waals surface area contributed by atoms with Crippen LogP contribution in [0.3, 0.4) is 0 Å². The molecule has 9 aromatic carbocycles. The molecule has 0 unspecified atom stereocenters. The third kappa shape index (κ3) is 4.78. The van der Waals surface area contributed by atoms with Crippen LogP contribution in [0.5, 0.6) is 0 Å². The molecule has 0 aliphatic carbocycles. The fourth-order valence-corrected chi connectivity index (χ4v) is 7.33. The molecule has 0 saturated carbocycles. The summed E-state index contributed by atoms with van der Waals surface area (Å²) in [4.78, 5) is 0. The van der Waals surface area contributed by atoms with E-state index in [-0.39, 0.29) is 0 Å². The predicted molar refractivity (Wildman–Crippen MR) is 203 cm³/mol. The van der Waals surface area contributed by atoms with E-state index in [9.17, 15) is 0 Å². The number of hydrogen-bond donors (Lipinski definition) is 0. The first-order valence-corrected chi connectivity index (χ1v) is 16.3. The molecule has 0 N–H and O–H groups in total. The SMILES string of the molecule is Cc1ccc2c(-c3ccccc3)c3cc(-c4ccc5cc(-c6ccc7ccccc7c6)ccc5c4)ccc3c(-c3ccccc3)c2c1. The second-order valence-corrected chi connectivity index (χ2v) is 12.6. The first-order chi connectivity index (χ1) is 23.2. The lowest BCUT2D eigenvalue weighted by atomic mass is 9.84. The Labute approximate surface area is 275 Å². The highest BCUT2D eigenvalue weighted by atomic mass is 14.2. The van der Waals surface area contributed by atoms with Crippen molar-refractivity contribution in [2.45, 2.75) is 6.92 Å². The van der Waals surface area contributed by atoms with Crippen LogP contribution >= 0.6 is 0 Å². The van der Waals surface area contributed by atoms with Crippen LogP contribution in [0.2, 0.25) is 0 Å². The van der Waals surface area contributed by atoms with Gasteiger partial charge in [0.1, 0.15) is 0 Å². The van der Waals surface area contributed by atoms with Gasteiger partial charge in [-0.1, -0.05) is 157 Å². The van der Waals surface area contributed by atoms with Gasteiger partial charge in [-0.2, -0.15) is 0 Å². The highest BCUT2D eigenvalue weighted by Crippen LogP contribution is 2.45. The normalized spacial score (nSPS) is 11.5. The highest BCUT2D eigenvalue weighted by Gasteiger charge is 2.18. The zero-order valence-electron chi connectivity index (χ0n) is 26.2. The number of fused-ring (bicyclic) bond motifs is 4. The molecule has 0 heterocycles. The molecular weight excluding hydrogens is 565 g/mol. The number of aryl methyl sites for hydroxylation is 1. The Hall–Kier alpha value is -5.98. The van der Waals surface area contributed by atoms with Crippen molar-refractivity contribution in [1.82, 2.24) is 0 Å². The lowest BCUT2D eigenvalue weighted by Gasteiger charge is -2.19. The van der Waals surface area contributed by atoms with Gasteiger partial charge in [-0.3, -0.25) is 0 Å². The van der Waals surface area contributed by atoms with Crippen LogP contribution in [-0.4, -0.2) is 0 Å². The summed E-state index contributed by atoms with van der Waals surface area (Å²) in [5.74, 6) is 0. The summed E-state index contributed by atoms with van der Waals surface area (Å²) in [7, 11) is 0.